The van der Waals surface area contributed by atoms with Crippen LogP contribution in [0.4, 0.5) is 16.2 Å². The number of hydrogen-bond donors (Lipinski definition) is 3. The molecular weight excluding hydrogens is 342 g/mol. The molecule has 2 aromatic carbocycles. The highest BCUT2D eigenvalue weighted by atomic mass is 16.5. The van der Waals surface area contributed by atoms with Crippen molar-refractivity contribution in [3.63, 3.8) is 0 Å². The number of hydrogen-bond acceptors (Lipinski definition) is 3. The first-order valence-electron chi connectivity index (χ1n) is 9.04. The minimum Gasteiger partial charge on any atom is -0.497 e. The molecule has 144 valence electrons. The Morgan fingerprint density at radius 3 is 2.07 bits per heavy atom. The highest BCUT2D eigenvalue weighted by molar-refractivity contribution is 5.92. The second-order valence-corrected chi connectivity index (χ2v) is 6.70. The monoisotopic (exact) mass is 369 g/mol. The fourth-order valence-corrected chi connectivity index (χ4v) is 2.51. The van der Waals surface area contributed by atoms with Crippen LogP contribution in [0.25, 0.3) is 0 Å². The highest BCUT2D eigenvalue weighted by Crippen LogP contribution is 2.15. The van der Waals surface area contributed by atoms with Gasteiger partial charge in [0.15, 0.2) is 0 Å². The molecule has 0 heterocycles. The normalized spacial score (nSPS) is 10.4. The number of carbonyl (C=O) groups excluding carboxylic acids is 2. The molecule has 0 saturated heterocycles. The minimum atomic E-state index is -0.264. The Kier molecular flexibility index (Phi) is 7.67. The van der Waals surface area contributed by atoms with Crippen LogP contribution in [0.3, 0.4) is 0 Å². The molecule has 0 spiro atoms. The first-order chi connectivity index (χ1) is 13.0. The molecule has 27 heavy (non-hydrogen) atoms. The molecule has 6 nitrogen and oxygen atoms in total. The Balaban J connectivity index is 1.74. The number of ether oxygens (including phenoxy) is 1. The summed E-state index contributed by atoms with van der Waals surface area (Å²) in [4.78, 5) is 23.7. The van der Waals surface area contributed by atoms with Crippen LogP contribution in [0.1, 0.15) is 25.8 Å². The molecule has 3 amide bonds. The van der Waals surface area contributed by atoms with Crippen molar-refractivity contribution in [2.75, 3.05) is 24.3 Å². The Morgan fingerprint density at radius 1 is 0.926 bits per heavy atom. The van der Waals surface area contributed by atoms with Crippen molar-refractivity contribution in [2.24, 2.45) is 5.92 Å². The third-order valence-corrected chi connectivity index (χ3v) is 3.88. The van der Waals surface area contributed by atoms with Crippen molar-refractivity contribution in [3.05, 3.63) is 54.1 Å². The van der Waals surface area contributed by atoms with Gasteiger partial charge in [-0.15, -0.1) is 0 Å². The molecule has 0 aliphatic heterocycles. The lowest BCUT2D eigenvalue weighted by Crippen LogP contribution is -2.30. The predicted octanol–water partition coefficient (Wildman–Crippen LogP) is 4.04. The van der Waals surface area contributed by atoms with Crippen molar-refractivity contribution in [1.82, 2.24) is 5.32 Å². The van der Waals surface area contributed by atoms with Crippen molar-refractivity contribution in [3.8, 4) is 5.75 Å². The van der Waals surface area contributed by atoms with E-state index < -0.39 is 0 Å². The molecule has 6 heteroatoms. The van der Waals surface area contributed by atoms with Crippen LogP contribution in [0.15, 0.2) is 48.5 Å². The van der Waals surface area contributed by atoms with E-state index in [1.54, 1.807) is 31.4 Å². The number of methoxy groups -OCH3 is 1. The molecule has 0 bridgehead atoms. The molecule has 0 aromatic heterocycles. The van der Waals surface area contributed by atoms with E-state index in [9.17, 15) is 9.59 Å². The van der Waals surface area contributed by atoms with E-state index in [4.69, 9.17) is 4.74 Å². The van der Waals surface area contributed by atoms with Crippen LogP contribution in [-0.2, 0) is 11.2 Å². The Labute approximate surface area is 160 Å². The molecule has 0 atom stereocenters. The lowest BCUT2D eigenvalue weighted by atomic mass is 10.1. The van der Waals surface area contributed by atoms with Gasteiger partial charge in [-0.3, -0.25) is 4.79 Å². The average Bonchev–Trinajstić information content (AvgIpc) is 2.63. The van der Waals surface area contributed by atoms with Crippen molar-refractivity contribution < 1.29 is 14.3 Å². The number of amides is 3. The van der Waals surface area contributed by atoms with Gasteiger partial charge in [0, 0.05) is 24.3 Å². The van der Waals surface area contributed by atoms with E-state index in [-0.39, 0.29) is 11.9 Å². The van der Waals surface area contributed by atoms with Crippen molar-refractivity contribution in [2.45, 2.75) is 26.7 Å². The van der Waals surface area contributed by atoms with Crippen LogP contribution < -0.4 is 20.7 Å². The summed E-state index contributed by atoms with van der Waals surface area (Å²) in [6.45, 7) is 4.53. The summed E-state index contributed by atoms with van der Waals surface area (Å²) in [5.41, 5.74) is 2.50. The first kappa shape index (κ1) is 20.3. The van der Waals surface area contributed by atoms with E-state index >= 15 is 0 Å². The van der Waals surface area contributed by atoms with Crippen LogP contribution in [0.5, 0.6) is 5.75 Å². The van der Waals surface area contributed by atoms with Crippen LogP contribution in [0, 0.1) is 5.92 Å². The molecule has 2 aromatic rings. The summed E-state index contributed by atoms with van der Waals surface area (Å²) in [5, 5.41) is 8.44. The van der Waals surface area contributed by atoms with Crippen molar-refractivity contribution in [1.29, 1.82) is 0 Å². The average molecular weight is 369 g/mol. The van der Waals surface area contributed by atoms with Crippen LogP contribution in [-0.4, -0.2) is 25.6 Å². The zero-order chi connectivity index (χ0) is 19.6. The van der Waals surface area contributed by atoms with E-state index in [0.717, 1.165) is 17.7 Å². The number of benzene rings is 2. The fourth-order valence-electron chi connectivity index (χ4n) is 2.51. The first-order valence-corrected chi connectivity index (χ1v) is 9.04. The van der Waals surface area contributed by atoms with Gasteiger partial charge in [0.05, 0.1) is 7.11 Å². The number of nitrogens with one attached hydrogen (secondary N) is 3. The summed E-state index contributed by atoms with van der Waals surface area (Å²) in [7, 11) is 1.63. The highest BCUT2D eigenvalue weighted by Gasteiger charge is 2.06. The van der Waals surface area contributed by atoms with Gasteiger partial charge < -0.3 is 20.7 Å². The zero-order valence-electron chi connectivity index (χ0n) is 16.0. The topological polar surface area (TPSA) is 79.5 Å². The van der Waals surface area contributed by atoms with Gasteiger partial charge in [-0.25, -0.2) is 4.79 Å². The SMILES string of the molecule is COc1ccc(CCNC(=O)Nc2ccc(NC(=O)CC(C)C)cc2)cc1. The second-order valence-electron chi connectivity index (χ2n) is 6.70. The standard InChI is InChI=1S/C21H27N3O3/c1-15(2)14-20(25)23-17-6-8-18(9-7-17)24-21(26)22-13-12-16-4-10-19(27-3)11-5-16/h4-11,15H,12-14H2,1-3H3,(H,23,25)(H2,22,24,26). The van der Waals surface area contributed by atoms with E-state index in [2.05, 4.69) is 16.0 Å². The fraction of sp³-hybridized carbons (Fsp3) is 0.333. The zero-order valence-corrected chi connectivity index (χ0v) is 16.0. The van der Waals surface area contributed by atoms with E-state index in [0.29, 0.717) is 30.3 Å². The van der Waals surface area contributed by atoms with Gasteiger partial charge in [0.1, 0.15) is 5.75 Å². The smallest absolute Gasteiger partial charge is 0.319 e. The number of carbonyl (C=O) groups is 2. The maximum atomic E-state index is 12.0. The summed E-state index contributed by atoms with van der Waals surface area (Å²) in [6.07, 6.45) is 1.22. The van der Waals surface area contributed by atoms with E-state index in [1.807, 2.05) is 38.1 Å². The molecular formula is C21H27N3O3. The van der Waals surface area contributed by atoms with Crippen LogP contribution in [0.2, 0.25) is 0 Å². The van der Waals surface area contributed by atoms with Gasteiger partial charge in [0.2, 0.25) is 5.91 Å². The third-order valence-electron chi connectivity index (χ3n) is 3.88. The lowest BCUT2D eigenvalue weighted by Gasteiger charge is -2.10. The second kappa shape index (κ2) is 10.2. The molecule has 0 unspecified atom stereocenters. The number of urea groups is 1. The molecule has 0 radical (unpaired) electrons. The lowest BCUT2D eigenvalue weighted by molar-refractivity contribution is -0.116. The Morgan fingerprint density at radius 2 is 1.52 bits per heavy atom. The predicted molar refractivity (Wildman–Crippen MR) is 108 cm³/mol. The van der Waals surface area contributed by atoms with Crippen LogP contribution >= 0.6 is 0 Å². The largest absolute Gasteiger partial charge is 0.497 e. The van der Waals surface area contributed by atoms with Gasteiger partial charge >= 0.3 is 6.03 Å². The molecule has 3 N–H and O–H groups in total. The quantitative estimate of drug-likeness (QED) is 0.657. The third kappa shape index (κ3) is 7.40. The maximum Gasteiger partial charge on any atom is 0.319 e. The Hall–Kier alpha value is -3.02. The summed E-state index contributed by atoms with van der Waals surface area (Å²) in [6, 6.07) is 14.5. The molecule has 0 aliphatic rings. The summed E-state index contributed by atoms with van der Waals surface area (Å²) in [5.74, 6) is 1.11. The Bertz CT molecular complexity index is 740. The molecule has 0 fully saturated rings. The minimum absolute atomic E-state index is 0.0121. The number of rotatable bonds is 8. The van der Waals surface area contributed by atoms with E-state index in [1.165, 1.54) is 0 Å². The summed E-state index contributed by atoms with van der Waals surface area (Å²) >= 11 is 0. The molecule has 0 saturated carbocycles. The molecule has 2 rings (SSSR count). The van der Waals surface area contributed by atoms with Gasteiger partial charge in [-0.1, -0.05) is 26.0 Å². The summed E-state index contributed by atoms with van der Waals surface area (Å²) < 4.78 is 5.12. The molecule has 0 aliphatic carbocycles. The number of anilines is 2. The van der Waals surface area contributed by atoms with Gasteiger partial charge in [-0.05, 0) is 54.3 Å². The van der Waals surface area contributed by atoms with Gasteiger partial charge in [0.25, 0.3) is 0 Å². The van der Waals surface area contributed by atoms with Gasteiger partial charge in [-0.2, -0.15) is 0 Å². The van der Waals surface area contributed by atoms with Crippen molar-refractivity contribution >= 4 is 23.3 Å². The maximum absolute atomic E-state index is 12.0.